The van der Waals surface area contributed by atoms with Crippen LogP contribution in [0.25, 0.3) is 0 Å². The molecule has 0 bridgehead atoms. The lowest BCUT2D eigenvalue weighted by atomic mass is 9.96. The second-order valence-electron chi connectivity index (χ2n) is 9.15. The molecule has 1 fully saturated rings. The highest BCUT2D eigenvalue weighted by Gasteiger charge is 2.36. The number of fused-ring (bicyclic) bond motifs is 1. The first kappa shape index (κ1) is 22.7. The number of nitrogens with one attached hydrogen (secondary N) is 1. The minimum atomic E-state index is -0.343. The standard InChI is InChI=1S/C26H29N3O4/c1-17(2)12-14-29-25(32)21-11-10-18(15-22(21)26(29)33)24(31)28-13-6-7-19(16-28)23(30)27-20-8-4-3-5-9-20/h3-5,8-11,15,17,19H,6-7,12-14,16H2,1-2H3,(H,27,30). The lowest BCUT2D eigenvalue weighted by Gasteiger charge is -2.32. The molecule has 1 saturated heterocycles. The number of likely N-dealkylation sites (tertiary alicyclic amines) is 1. The number of anilines is 1. The zero-order valence-corrected chi connectivity index (χ0v) is 19.0. The molecule has 7 heteroatoms. The number of hydrogen-bond acceptors (Lipinski definition) is 4. The molecule has 1 unspecified atom stereocenters. The zero-order valence-electron chi connectivity index (χ0n) is 19.0. The number of benzene rings is 2. The fourth-order valence-electron chi connectivity index (χ4n) is 4.34. The Kier molecular flexibility index (Phi) is 6.58. The van der Waals surface area contributed by atoms with Crippen molar-refractivity contribution in [3.05, 3.63) is 65.2 Å². The van der Waals surface area contributed by atoms with Gasteiger partial charge in [-0.25, -0.2) is 0 Å². The predicted octanol–water partition coefficient (Wildman–Crippen LogP) is 3.82. The van der Waals surface area contributed by atoms with E-state index < -0.39 is 0 Å². The van der Waals surface area contributed by atoms with Gasteiger partial charge in [-0.3, -0.25) is 24.1 Å². The van der Waals surface area contributed by atoms with Gasteiger partial charge in [-0.15, -0.1) is 0 Å². The van der Waals surface area contributed by atoms with Crippen molar-refractivity contribution < 1.29 is 19.2 Å². The second-order valence-corrected chi connectivity index (χ2v) is 9.15. The summed E-state index contributed by atoms with van der Waals surface area (Å²) in [5.74, 6) is -0.899. The normalized spacial score (nSPS) is 18.0. The van der Waals surface area contributed by atoms with Gasteiger partial charge in [-0.1, -0.05) is 32.0 Å². The molecule has 2 aliphatic heterocycles. The van der Waals surface area contributed by atoms with Crippen LogP contribution in [0.2, 0.25) is 0 Å². The summed E-state index contributed by atoms with van der Waals surface area (Å²) in [6.45, 7) is 5.33. The van der Waals surface area contributed by atoms with Crippen LogP contribution < -0.4 is 5.32 Å². The Morgan fingerprint density at radius 1 is 1.03 bits per heavy atom. The van der Waals surface area contributed by atoms with Gasteiger partial charge in [0.1, 0.15) is 0 Å². The summed E-state index contributed by atoms with van der Waals surface area (Å²) in [7, 11) is 0. The van der Waals surface area contributed by atoms with Gasteiger partial charge in [0.05, 0.1) is 17.0 Å². The molecular formula is C26H29N3O4. The number of carbonyl (C=O) groups is 4. The topological polar surface area (TPSA) is 86.8 Å². The van der Waals surface area contributed by atoms with Gasteiger partial charge in [-0.2, -0.15) is 0 Å². The molecule has 0 aromatic heterocycles. The summed E-state index contributed by atoms with van der Waals surface area (Å²) in [5.41, 5.74) is 1.73. The molecule has 172 valence electrons. The highest BCUT2D eigenvalue weighted by Crippen LogP contribution is 2.26. The largest absolute Gasteiger partial charge is 0.338 e. The van der Waals surface area contributed by atoms with Crippen LogP contribution in [0.3, 0.4) is 0 Å². The number of piperidine rings is 1. The molecule has 2 aliphatic rings. The van der Waals surface area contributed by atoms with E-state index in [9.17, 15) is 19.2 Å². The van der Waals surface area contributed by atoms with Crippen molar-refractivity contribution in [1.29, 1.82) is 0 Å². The molecule has 0 radical (unpaired) electrons. The Morgan fingerprint density at radius 3 is 2.48 bits per heavy atom. The van der Waals surface area contributed by atoms with Crippen LogP contribution in [0.15, 0.2) is 48.5 Å². The Hall–Kier alpha value is -3.48. The molecule has 4 rings (SSSR count). The van der Waals surface area contributed by atoms with Crippen molar-refractivity contribution in [1.82, 2.24) is 9.80 Å². The van der Waals surface area contributed by atoms with E-state index >= 15 is 0 Å². The lowest BCUT2D eigenvalue weighted by Crippen LogP contribution is -2.43. The molecule has 2 heterocycles. The van der Waals surface area contributed by atoms with E-state index in [1.807, 2.05) is 44.2 Å². The summed E-state index contributed by atoms with van der Waals surface area (Å²) in [5, 5.41) is 2.92. The molecule has 0 aliphatic carbocycles. The van der Waals surface area contributed by atoms with Gasteiger partial charge in [0.15, 0.2) is 0 Å². The van der Waals surface area contributed by atoms with Crippen LogP contribution in [-0.4, -0.2) is 53.1 Å². The van der Waals surface area contributed by atoms with Crippen molar-refractivity contribution in [3.8, 4) is 0 Å². The van der Waals surface area contributed by atoms with Crippen molar-refractivity contribution >= 4 is 29.3 Å². The third kappa shape index (κ3) is 4.82. The van der Waals surface area contributed by atoms with E-state index in [-0.39, 0.29) is 35.1 Å². The van der Waals surface area contributed by atoms with Crippen molar-refractivity contribution in [2.45, 2.75) is 33.1 Å². The van der Waals surface area contributed by atoms with Crippen molar-refractivity contribution in [3.63, 3.8) is 0 Å². The highest BCUT2D eigenvalue weighted by atomic mass is 16.2. The summed E-state index contributed by atoms with van der Waals surface area (Å²) < 4.78 is 0. The predicted molar refractivity (Wildman–Crippen MR) is 125 cm³/mol. The van der Waals surface area contributed by atoms with Gasteiger partial charge in [0.2, 0.25) is 5.91 Å². The second kappa shape index (κ2) is 9.57. The van der Waals surface area contributed by atoms with E-state index in [0.717, 1.165) is 18.5 Å². The summed E-state index contributed by atoms with van der Waals surface area (Å²) >= 11 is 0. The quantitative estimate of drug-likeness (QED) is 0.682. The first-order valence-corrected chi connectivity index (χ1v) is 11.5. The van der Waals surface area contributed by atoms with Gasteiger partial charge in [-0.05, 0) is 55.5 Å². The summed E-state index contributed by atoms with van der Waals surface area (Å²) in [6, 6.07) is 14.0. The number of nitrogens with zero attached hydrogens (tertiary/aromatic N) is 2. The minimum absolute atomic E-state index is 0.103. The van der Waals surface area contributed by atoms with Crippen LogP contribution in [0.1, 0.15) is 64.2 Å². The molecule has 0 saturated carbocycles. The Labute approximate surface area is 193 Å². The van der Waals surface area contributed by atoms with E-state index in [1.165, 1.54) is 11.0 Å². The van der Waals surface area contributed by atoms with E-state index in [2.05, 4.69) is 5.32 Å². The molecule has 1 N–H and O–H groups in total. The maximum atomic E-state index is 13.2. The fraction of sp³-hybridized carbons (Fsp3) is 0.385. The molecule has 0 spiro atoms. The van der Waals surface area contributed by atoms with Gasteiger partial charge in [0, 0.05) is 30.9 Å². The third-order valence-corrected chi connectivity index (χ3v) is 6.27. The van der Waals surface area contributed by atoms with Gasteiger partial charge >= 0.3 is 0 Å². The van der Waals surface area contributed by atoms with E-state index in [0.29, 0.717) is 43.1 Å². The minimum Gasteiger partial charge on any atom is -0.338 e. The Morgan fingerprint density at radius 2 is 1.76 bits per heavy atom. The number of carbonyl (C=O) groups excluding carboxylic acids is 4. The first-order valence-electron chi connectivity index (χ1n) is 11.5. The van der Waals surface area contributed by atoms with Crippen LogP contribution >= 0.6 is 0 Å². The Balaban J connectivity index is 1.45. The molecule has 2 aromatic carbocycles. The molecule has 2 aromatic rings. The monoisotopic (exact) mass is 447 g/mol. The average molecular weight is 448 g/mol. The third-order valence-electron chi connectivity index (χ3n) is 6.27. The maximum Gasteiger partial charge on any atom is 0.261 e. The summed E-state index contributed by atoms with van der Waals surface area (Å²) in [4.78, 5) is 54.3. The number of para-hydroxylation sites is 1. The first-order chi connectivity index (χ1) is 15.8. The smallest absolute Gasteiger partial charge is 0.261 e. The summed E-state index contributed by atoms with van der Waals surface area (Å²) in [6.07, 6.45) is 2.17. The molecule has 33 heavy (non-hydrogen) atoms. The fourth-order valence-corrected chi connectivity index (χ4v) is 4.34. The van der Waals surface area contributed by atoms with Gasteiger partial charge < -0.3 is 10.2 Å². The molecule has 4 amide bonds. The average Bonchev–Trinajstić information content (AvgIpc) is 3.06. The molecule has 7 nitrogen and oxygen atoms in total. The highest BCUT2D eigenvalue weighted by molar-refractivity contribution is 6.22. The van der Waals surface area contributed by atoms with Crippen LogP contribution in [0.5, 0.6) is 0 Å². The maximum absolute atomic E-state index is 13.2. The Bertz CT molecular complexity index is 1080. The van der Waals surface area contributed by atoms with Crippen LogP contribution in [-0.2, 0) is 4.79 Å². The number of hydrogen-bond donors (Lipinski definition) is 1. The van der Waals surface area contributed by atoms with Gasteiger partial charge in [0.25, 0.3) is 17.7 Å². The SMILES string of the molecule is CC(C)CCN1C(=O)c2ccc(C(=O)N3CCCC(C(=O)Nc4ccccc4)C3)cc2C1=O. The van der Waals surface area contributed by atoms with E-state index in [4.69, 9.17) is 0 Å². The van der Waals surface area contributed by atoms with Crippen molar-refractivity contribution in [2.75, 3.05) is 25.0 Å². The van der Waals surface area contributed by atoms with E-state index in [1.54, 1.807) is 17.0 Å². The lowest BCUT2D eigenvalue weighted by molar-refractivity contribution is -0.121. The number of rotatable bonds is 6. The van der Waals surface area contributed by atoms with Crippen LogP contribution in [0.4, 0.5) is 5.69 Å². The number of amides is 4. The van der Waals surface area contributed by atoms with Crippen molar-refractivity contribution in [2.24, 2.45) is 11.8 Å². The zero-order chi connectivity index (χ0) is 23.5. The molecule has 1 atom stereocenters. The van der Waals surface area contributed by atoms with Crippen LogP contribution in [0, 0.1) is 11.8 Å². The number of imide groups is 1. The molecular weight excluding hydrogens is 418 g/mol.